The second kappa shape index (κ2) is 9.82. The molecule has 0 saturated carbocycles. The lowest BCUT2D eigenvalue weighted by molar-refractivity contribution is 0.124. The zero-order valence-corrected chi connectivity index (χ0v) is 17.4. The second-order valence-electron chi connectivity index (χ2n) is 7.31. The van der Waals surface area contributed by atoms with Gasteiger partial charge in [-0.1, -0.05) is 13.0 Å². The molecule has 1 aliphatic heterocycles. The molecular weight excluding hydrogens is 374 g/mol. The summed E-state index contributed by atoms with van der Waals surface area (Å²) in [5.74, 6) is -0.117. The summed E-state index contributed by atoms with van der Waals surface area (Å²) in [6.07, 6.45) is 4.57. The summed E-state index contributed by atoms with van der Waals surface area (Å²) in [5, 5.41) is 7.55. The van der Waals surface area contributed by atoms with E-state index in [2.05, 4.69) is 27.1 Å². The summed E-state index contributed by atoms with van der Waals surface area (Å²) in [7, 11) is 1.89. The monoisotopic (exact) mass is 404 g/mol. The van der Waals surface area contributed by atoms with E-state index in [4.69, 9.17) is 4.99 Å². The van der Waals surface area contributed by atoms with Gasteiger partial charge in [-0.25, -0.2) is 13.8 Å². The number of aryl methyl sites for hydroxylation is 1. The highest BCUT2D eigenvalue weighted by molar-refractivity contribution is 5.80. The molecular formula is C21H30F2N6. The molecule has 1 aromatic heterocycles. The number of hydrogen-bond acceptors (Lipinski definition) is 3. The predicted octanol–water partition coefficient (Wildman–Crippen LogP) is 2.93. The SMILES string of the molecule is CCNC(=NCc1cnn(C)c1)N1CCN(C(CC)c2ccc(F)cc2F)CC1. The smallest absolute Gasteiger partial charge is 0.194 e. The van der Waals surface area contributed by atoms with Crippen molar-refractivity contribution >= 4 is 5.96 Å². The molecule has 1 fully saturated rings. The van der Waals surface area contributed by atoms with E-state index in [0.717, 1.165) is 56.7 Å². The molecule has 1 aliphatic rings. The van der Waals surface area contributed by atoms with Crippen LogP contribution in [0.2, 0.25) is 0 Å². The summed E-state index contributed by atoms with van der Waals surface area (Å²) >= 11 is 0. The van der Waals surface area contributed by atoms with E-state index in [1.165, 1.54) is 6.07 Å². The average Bonchev–Trinajstić information content (AvgIpc) is 3.13. The molecule has 1 saturated heterocycles. The fraction of sp³-hybridized carbons (Fsp3) is 0.524. The molecule has 0 amide bonds. The van der Waals surface area contributed by atoms with Gasteiger partial charge in [0.25, 0.3) is 0 Å². The van der Waals surface area contributed by atoms with Crippen LogP contribution in [-0.4, -0.2) is 58.3 Å². The van der Waals surface area contributed by atoms with Gasteiger partial charge >= 0.3 is 0 Å². The van der Waals surface area contributed by atoms with Crippen molar-refractivity contribution < 1.29 is 8.78 Å². The minimum atomic E-state index is -0.536. The molecule has 3 rings (SSSR count). The van der Waals surface area contributed by atoms with Crippen LogP contribution in [0.25, 0.3) is 0 Å². The third-order valence-corrected chi connectivity index (χ3v) is 5.27. The third-order valence-electron chi connectivity index (χ3n) is 5.27. The maximum absolute atomic E-state index is 14.3. The Morgan fingerprint density at radius 3 is 2.55 bits per heavy atom. The first-order chi connectivity index (χ1) is 14.0. The van der Waals surface area contributed by atoms with E-state index in [0.29, 0.717) is 12.1 Å². The van der Waals surface area contributed by atoms with Crippen LogP contribution in [0.4, 0.5) is 8.78 Å². The third kappa shape index (κ3) is 5.32. The Labute approximate surface area is 171 Å². The van der Waals surface area contributed by atoms with Crippen LogP contribution in [-0.2, 0) is 13.6 Å². The minimum absolute atomic E-state index is 0.0485. The molecule has 1 unspecified atom stereocenters. The summed E-state index contributed by atoms with van der Waals surface area (Å²) in [4.78, 5) is 9.27. The Hall–Kier alpha value is -2.48. The molecule has 0 aliphatic carbocycles. The van der Waals surface area contributed by atoms with Gasteiger partial charge in [0.1, 0.15) is 11.6 Å². The number of aliphatic imine (C=N–C) groups is 1. The first-order valence-electron chi connectivity index (χ1n) is 10.2. The van der Waals surface area contributed by atoms with Gasteiger partial charge in [0.15, 0.2) is 5.96 Å². The summed E-state index contributed by atoms with van der Waals surface area (Å²) in [5.41, 5.74) is 1.64. The van der Waals surface area contributed by atoms with Gasteiger partial charge in [-0.3, -0.25) is 9.58 Å². The molecule has 29 heavy (non-hydrogen) atoms. The van der Waals surface area contributed by atoms with Crippen LogP contribution < -0.4 is 5.32 Å². The standard InChI is InChI=1S/C21H30F2N6/c1-4-20(18-7-6-17(22)12-19(18)23)28-8-10-29(11-9-28)21(24-5-2)25-13-16-14-26-27(3)15-16/h6-7,12,14-15,20H,4-5,8-11,13H2,1-3H3,(H,24,25). The van der Waals surface area contributed by atoms with Gasteiger partial charge < -0.3 is 10.2 Å². The number of nitrogens with zero attached hydrogens (tertiary/aromatic N) is 5. The zero-order valence-electron chi connectivity index (χ0n) is 17.4. The highest BCUT2D eigenvalue weighted by Crippen LogP contribution is 2.28. The van der Waals surface area contributed by atoms with Crippen LogP contribution >= 0.6 is 0 Å². The molecule has 1 atom stereocenters. The lowest BCUT2D eigenvalue weighted by atomic mass is 10.0. The van der Waals surface area contributed by atoms with Gasteiger partial charge in [0.2, 0.25) is 0 Å². The van der Waals surface area contributed by atoms with Crippen molar-refractivity contribution in [2.24, 2.45) is 12.0 Å². The molecule has 0 spiro atoms. The Morgan fingerprint density at radius 2 is 1.97 bits per heavy atom. The van der Waals surface area contributed by atoms with Crippen LogP contribution in [0.3, 0.4) is 0 Å². The molecule has 158 valence electrons. The van der Waals surface area contributed by atoms with E-state index in [1.807, 2.05) is 26.4 Å². The summed E-state index contributed by atoms with van der Waals surface area (Å²) < 4.78 is 29.4. The fourth-order valence-corrected chi connectivity index (χ4v) is 3.84. The van der Waals surface area contributed by atoms with Gasteiger partial charge in [-0.05, 0) is 19.4 Å². The maximum atomic E-state index is 14.3. The Bertz CT molecular complexity index is 826. The van der Waals surface area contributed by atoms with Crippen molar-refractivity contribution in [1.82, 2.24) is 24.9 Å². The van der Waals surface area contributed by atoms with Crippen LogP contribution in [0, 0.1) is 11.6 Å². The minimum Gasteiger partial charge on any atom is -0.357 e. The molecule has 6 nitrogen and oxygen atoms in total. The van der Waals surface area contributed by atoms with E-state index in [-0.39, 0.29) is 6.04 Å². The van der Waals surface area contributed by atoms with Crippen molar-refractivity contribution in [3.05, 3.63) is 53.4 Å². The van der Waals surface area contributed by atoms with E-state index >= 15 is 0 Å². The van der Waals surface area contributed by atoms with Gasteiger partial charge in [-0.15, -0.1) is 0 Å². The number of nitrogens with one attached hydrogen (secondary N) is 1. The summed E-state index contributed by atoms with van der Waals surface area (Å²) in [6.45, 7) is 8.67. The normalized spacial score (nSPS) is 16.9. The Kier molecular flexibility index (Phi) is 7.19. The van der Waals surface area contributed by atoms with Crippen LogP contribution in [0.15, 0.2) is 35.6 Å². The number of benzene rings is 1. The first-order valence-corrected chi connectivity index (χ1v) is 10.2. The van der Waals surface area contributed by atoms with Gasteiger partial charge in [-0.2, -0.15) is 5.10 Å². The van der Waals surface area contributed by atoms with Crippen molar-refractivity contribution in [2.45, 2.75) is 32.9 Å². The molecule has 0 radical (unpaired) electrons. The number of guanidine groups is 1. The molecule has 1 aromatic carbocycles. The number of rotatable bonds is 6. The van der Waals surface area contributed by atoms with Crippen LogP contribution in [0.5, 0.6) is 0 Å². The molecule has 1 N–H and O–H groups in total. The van der Waals surface area contributed by atoms with Crippen molar-refractivity contribution in [3.8, 4) is 0 Å². The highest BCUT2D eigenvalue weighted by Gasteiger charge is 2.27. The zero-order chi connectivity index (χ0) is 20.8. The van der Waals surface area contributed by atoms with E-state index < -0.39 is 11.6 Å². The molecule has 2 aromatic rings. The van der Waals surface area contributed by atoms with Gasteiger partial charge in [0, 0.05) is 69.2 Å². The summed E-state index contributed by atoms with van der Waals surface area (Å²) in [6, 6.07) is 3.84. The Morgan fingerprint density at radius 1 is 1.21 bits per heavy atom. The van der Waals surface area contributed by atoms with Crippen LogP contribution in [0.1, 0.15) is 37.4 Å². The number of hydrogen-bond donors (Lipinski definition) is 1. The Balaban J connectivity index is 1.65. The van der Waals surface area contributed by atoms with Crippen molar-refractivity contribution in [3.63, 3.8) is 0 Å². The van der Waals surface area contributed by atoms with Crippen molar-refractivity contribution in [1.29, 1.82) is 0 Å². The largest absolute Gasteiger partial charge is 0.357 e. The maximum Gasteiger partial charge on any atom is 0.194 e. The number of piperazine rings is 1. The predicted molar refractivity (Wildman–Crippen MR) is 111 cm³/mol. The van der Waals surface area contributed by atoms with Gasteiger partial charge in [0.05, 0.1) is 12.7 Å². The fourth-order valence-electron chi connectivity index (χ4n) is 3.84. The number of aromatic nitrogens is 2. The second-order valence-corrected chi connectivity index (χ2v) is 7.31. The average molecular weight is 405 g/mol. The molecule has 2 heterocycles. The lowest BCUT2D eigenvalue weighted by Gasteiger charge is -2.40. The van der Waals surface area contributed by atoms with E-state index in [9.17, 15) is 8.78 Å². The van der Waals surface area contributed by atoms with E-state index in [1.54, 1.807) is 10.7 Å². The molecule has 0 bridgehead atoms. The first kappa shape index (κ1) is 21.2. The number of halogens is 2. The topological polar surface area (TPSA) is 48.7 Å². The highest BCUT2D eigenvalue weighted by atomic mass is 19.1. The van der Waals surface area contributed by atoms with Crippen molar-refractivity contribution in [2.75, 3.05) is 32.7 Å². The molecule has 8 heteroatoms. The quantitative estimate of drug-likeness (QED) is 0.594. The lowest BCUT2D eigenvalue weighted by Crippen LogP contribution is -2.53.